The highest BCUT2D eigenvalue weighted by atomic mass is 35.5. The number of methoxy groups -OCH3 is 2. The van der Waals surface area contributed by atoms with Crippen LogP contribution in [0.5, 0.6) is 17.4 Å². The first-order valence-electron chi connectivity index (χ1n) is 14.5. The lowest BCUT2D eigenvalue weighted by Crippen LogP contribution is -2.29. The molecule has 46 heavy (non-hydrogen) atoms. The van der Waals surface area contributed by atoms with Crippen molar-refractivity contribution in [1.82, 2.24) is 25.3 Å². The minimum atomic E-state index is -0.866. The van der Waals surface area contributed by atoms with Gasteiger partial charge in [0.05, 0.1) is 14.2 Å². The van der Waals surface area contributed by atoms with Gasteiger partial charge in [0.25, 0.3) is 5.56 Å². The number of nitrogens with one attached hydrogen (secondary N) is 2. The van der Waals surface area contributed by atoms with Crippen LogP contribution in [0.4, 0.5) is 10.2 Å². The van der Waals surface area contributed by atoms with Crippen LogP contribution < -0.4 is 30.0 Å². The molecule has 3 aromatic heterocycles. The third-order valence-electron chi connectivity index (χ3n) is 7.33. The van der Waals surface area contributed by atoms with E-state index in [2.05, 4.69) is 25.2 Å². The molecule has 0 saturated heterocycles. The zero-order chi connectivity index (χ0) is 32.6. The number of halogens is 2. The Balaban J connectivity index is 1.33. The number of rotatable bonds is 14. The maximum Gasteiger partial charge on any atom is 0.265 e. The predicted molar refractivity (Wildman–Crippen MR) is 179 cm³/mol. The van der Waals surface area contributed by atoms with Crippen molar-refractivity contribution in [2.45, 2.75) is 31.2 Å². The Kier molecular flexibility index (Phi) is 10.9. The average molecular weight is 665 g/mol. The molecule has 1 unspecified atom stereocenters. The van der Waals surface area contributed by atoms with E-state index in [1.54, 1.807) is 26.7 Å². The van der Waals surface area contributed by atoms with Gasteiger partial charge in [-0.1, -0.05) is 53.7 Å². The van der Waals surface area contributed by atoms with E-state index in [0.29, 0.717) is 19.6 Å². The molecule has 0 aliphatic carbocycles. The van der Waals surface area contributed by atoms with Crippen molar-refractivity contribution >= 4 is 40.1 Å². The molecule has 2 aromatic carbocycles. The molecular weight excluding hydrogens is 631 g/mol. The van der Waals surface area contributed by atoms with Crippen molar-refractivity contribution in [2.75, 3.05) is 38.5 Å². The summed E-state index contributed by atoms with van der Waals surface area (Å²) in [6.07, 6.45) is 3.51. The molecular formula is C33H34ClFN6O4S. The minimum Gasteiger partial charge on any atom is -0.497 e. The van der Waals surface area contributed by atoms with Crippen molar-refractivity contribution in [3.8, 4) is 17.4 Å². The summed E-state index contributed by atoms with van der Waals surface area (Å²) in [7, 11) is 3.30. The standard InChI is InChI=1S/C33H34ClFN6O4S/c1-20(36-16-17-45-32-26-28(27(35)29(34)39-32)38-33(46-4)40-31(26)42)25-6-5-15-37-30(25)41(18-21-7-11-23(43-2)12-8-21)19-22-9-13-24(44-3)14-10-22/h5-15,20,36H,16-19H2,1-4H3,(H,38,40,42). The lowest BCUT2D eigenvalue weighted by atomic mass is 10.1. The molecule has 0 aliphatic rings. The van der Waals surface area contributed by atoms with Crippen LogP contribution in [0.2, 0.25) is 5.15 Å². The molecule has 0 aliphatic heterocycles. The number of nitrogens with zero attached hydrogens (tertiary/aromatic N) is 4. The fraction of sp³-hybridized carbons (Fsp3) is 0.273. The molecule has 13 heteroatoms. The molecule has 1 atom stereocenters. The normalized spacial score (nSPS) is 11.8. The van der Waals surface area contributed by atoms with E-state index in [-0.39, 0.29) is 34.6 Å². The first-order chi connectivity index (χ1) is 22.3. The minimum absolute atomic E-state index is 0.0792. The summed E-state index contributed by atoms with van der Waals surface area (Å²) < 4.78 is 31.2. The molecule has 0 amide bonds. The second-order valence-corrected chi connectivity index (χ2v) is 11.5. The van der Waals surface area contributed by atoms with Crippen LogP contribution in [-0.4, -0.2) is 53.6 Å². The summed E-state index contributed by atoms with van der Waals surface area (Å²) in [4.78, 5) is 30.5. The highest BCUT2D eigenvalue weighted by Gasteiger charge is 2.21. The maximum absolute atomic E-state index is 14.7. The number of H-pyrrole nitrogens is 1. The zero-order valence-corrected chi connectivity index (χ0v) is 27.4. The van der Waals surface area contributed by atoms with Gasteiger partial charge in [0.2, 0.25) is 5.88 Å². The number of aromatic nitrogens is 4. The van der Waals surface area contributed by atoms with Crippen molar-refractivity contribution < 1.29 is 18.6 Å². The Bertz CT molecular complexity index is 1790. The molecule has 2 N–H and O–H groups in total. The lowest BCUT2D eigenvalue weighted by molar-refractivity contribution is 0.299. The Morgan fingerprint density at radius 1 is 1.00 bits per heavy atom. The first kappa shape index (κ1) is 33.0. The van der Waals surface area contributed by atoms with Gasteiger partial charge < -0.3 is 29.4 Å². The third-order valence-corrected chi connectivity index (χ3v) is 8.16. The average Bonchev–Trinajstić information content (AvgIpc) is 3.08. The number of fused-ring (bicyclic) bond motifs is 1. The molecule has 5 rings (SSSR count). The van der Waals surface area contributed by atoms with Crippen LogP contribution in [0.3, 0.4) is 0 Å². The van der Waals surface area contributed by atoms with Crippen LogP contribution in [0, 0.1) is 5.82 Å². The summed E-state index contributed by atoms with van der Waals surface area (Å²) in [6, 6.07) is 19.8. The molecule has 0 radical (unpaired) electrons. The SMILES string of the molecule is COc1ccc(CN(Cc2ccc(OC)cc2)c2ncccc2C(C)NCCOc2nc(Cl)c(F)c3nc(SC)[nH]c(=O)c23)cc1. The number of anilines is 1. The summed E-state index contributed by atoms with van der Waals surface area (Å²) in [5, 5.41) is 3.23. The number of ether oxygens (including phenoxy) is 3. The van der Waals surface area contributed by atoms with Gasteiger partial charge in [0, 0.05) is 37.4 Å². The molecule has 3 heterocycles. The molecule has 0 saturated carbocycles. The van der Waals surface area contributed by atoms with Crippen molar-refractivity contribution in [3.63, 3.8) is 0 Å². The molecule has 240 valence electrons. The molecule has 0 fully saturated rings. The van der Waals surface area contributed by atoms with Gasteiger partial charge in [-0.2, -0.15) is 4.98 Å². The zero-order valence-electron chi connectivity index (χ0n) is 25.8. The number of thioether (sulfide) groups is 1. The topological polar surface area (TPSA) is 114 Å². The summed E-state index contributed by atoms with van der Waals surface area (Å²) in [6.45, 7) is 3.79. The van der Waals surface area contributed by atoms with Gasteiger partial charge in [0.1, 0.15) is 34.8 Å². The van der Waals surface area contributed by atoms with E-state index < -0.39 is 16.5 Å². The molecule has 0 bridgehead atoms. The van der Waals surface area contributed by atoms with Gasteiger partial charge in [-0.3, -0.25) is 4.79 Å². The van der Waals surface area contributed by atoms with E-state index in [4.69, 9.17) is 30.8 Å². The Labute approximate surface area is 275 Å². The highest BCUT2D eigenvalue weighted by Crippen LogP contribution is 2.29. The van der Waals surface area contributed by atoms with Gasteiger partial charge in [-0.15, -0.1) is 0 Å². The van der Waals surface area contributed by atoms with Crippen LogP contribution in [0.25, 0.3) is 10.9 Å². The smallest absolute Gasteiger partial charge is 0.265 e. The molecule has 10 nitrogen and oxygen atoms in total. The Hall–Kier alpha value is -4.39. The second kappa shape index (κ2) is 15.3. The lowest BCUT2D eigenvalue weighted by Gasteiger charge is -2.28. The van der Waals surface area contributed by atoms with E-state index in [1.807, 2.05) is 67.6 Å². The number of hydrogen-bond acceptors (Lipinski definition) is 10. The van der Waals surface area contributed by atoms with Crippen LogP contribution in [0.15, 0.2) is 76.8 Å². The van der Waals surface area contributed by atoms with E-state index in [1.165, 1.54) is 11.8 Å². The van der Waals surface area contributed by atoms with Gasteiger partial charge in [-0.25, -0.2) is 14.4 Å². The van der Waals surface area contributed by atoms with E-state index >= 15 is 0 Å². The summed E-state index contributed by atoms with van der Waals surface area (Å²) in [5.41, 5.74) is 2.46. The van der Waals surface area contributed by atoms with E-state index in [0.717, 1.165) is 34.0 Å². The fourth-order valence-corrected chi connectivity index (χ4v) is 5.50. The summed E-state index contributed by atoms with van der Waals surface area (Å²) >= 11 is 7.19. The number of pyridine rings is 2. The van der Waals surface area contributed by atoms with E-state index in [9.17, 15) is 9.18 Å². The van der Waals surface area contributed by atoms with Crippen LogP contribution in [-0.2, 0) is 13.1 Å². The Morgan fingerprint density at radius 3 is 2.22 bits per heavy atom. The maximum atomic E-state index is 14.7. The predicted octanol–water partition coefficient (Wildman–Crippen LogP) is 6.18. The largest absolute Gasteiger partial charge is 0.497 e. The fourth-order valence-electron chi connectivity index (χ4n) is 4.96. The second-order valence-electron chi connectivity index (χ2n) is 10.3. The number of hydrogen-bond donors (Lipinski definition) is 2. The van der Waals surface area contributed by atoms with Crippen molar-refractivity contribution in [2.24, 2.45) is 0 Å². The van der Waals surface area contributed by atoms with Gasteiger partial charge in [0.15, 0.2) is 16.1 Å². The van der Waals surface area contributed by atoms with Crippen LogP contribution >= 0.6 is 23.4 Å². The molecule has 5 aromatic rings. The van der Waals surface area contributed by atoms with Crippen LogP contribution in [0.1, 0.15) is 29.7 Å². The third kappa shape index (κ3) is 7.69. The summed E-state index contributed by atoms with van der Waals surface area (Å²) in [5.74, 6) is 1.47. The quantitative estimate of drug-likeness (QED) is 0.0617. The number of benzene rings is 2. The highest BCUT2D eigenvalue weighted by molar-refractivity contribution is 7.98. The number of aromatic amines is 1. The van der Waals surface area contributed by atoms with Gasteiger partial charge >= 0.3 is 0 Å². The monoisotopic (exact) mass is 664 g/mol. The van der Waals surface area contributed by atoms with Crippen molar-refractivity contribution in [1.29, 1.82) is 0 Å². The van der Waals surface area contributed by atoms with Crippen molar-refractivity contribution in [3.05, 3.63) is 105 Å². The first-order valence-corrected chi connectivity index (χ1v) is 16.1. The van der Waals surface area contributed by atoms with Gasteiger partial charge in [-0.05, 0) is 54.6 Å². The Morgan fingerprint density at radius 2 is 1.63 bits per heavy atom. The molecule has 0 spiro atoms.